The molecule has 0 heterocycles. The molecule has 0 fully saturated rings. The van der Waals surface area contributed by atoms with Gasteiger partial charge in [-0.05, 0) is 12.1 Å². The second-order valence-electron chi connectivity index (χ2n) is 2.03. The van der Waals surface area contributed by atoms with E-state index in [4.69, 9.17) is 10.2 Å². The lowest BCUT2D eigenvalue weighted by Crippen LogP contribution is -1.93. The number of hydrogen-bond donors (Lipinski definition) is 2. The van der Waals surface area contributed by atoms with Crippen LogP contribution >= 0.6 is 0 Å². The smallest absolute Gasteiger partial charge is 0.335 e. The average Bonchev–Trinajstić information content (AvgIpc) is 2.19. The fourth-order valence-corrected chi connectivity index (χ4v) is 0.581. The first-order valence-electron chi connectivity index (χ1n) is 3.55. The summed E-state index contributed by atoms with van der Waals surface area (Å²) in [4.78, 5) is 10.2. The Morgan fingerprint density at radius 3 is 2.08 bits per heavy atom. The van der Waals surface area contributed by atoms with Crippen molar-refractivity contribution in [2.24, 2.45) is 0 Å². The molecule has 1 aromatic carbocycles. The lowest BCUT2D eigenvalue weighted by molar-refractivity contribution is 0.0697. The number of carboxylic acids is 1. The highest BCUT2D eigenvalue weighted by molar-refractivity contribution is 5.87. The normalized spacial score (nSPS) is 7.69. The standard InChI is InChI=1S/C7H6O2.C3H4O/c8-7(9)6-4-2-1-3-5-6;1-2-3-4/h1-5H,(H,8,9);1,4H,3H2. The third kappa shape index (κ3) is 5.48. The van der Waals surface area contributed by atoms with Crippen LogP contribution in [0.1, 0.15) is 10.4 Å². The van der Waals surface area contributed by atoms with Gasteiger partial charge in [-0.25, -0.2) is 4.79 Å². The van der Waals surface area contributed by atoms with E-state index in [-0.39, 0.29) is 6.61 Å². The van der Waals surface area contributed by atoms with E-state index in [2.05, 4.69) is 6.42 Å². The molecule has 3 heteroatoms. The zero-order chi connectivity index (χ0) is 10.1. The van der Waals surface area contributed by atoms with Crippen LogP contribution in [0.3, 0.4) is 0 Å². The van der Waals surface area contributed by atoms with E-state index in [1.807, 2.05) is 5.92 Å². The molecular formula is C10H10O3. The summed E-state index contributed by atoms with van der Waals surface area (Å²) >= 11 is 0. The average molecular weight is 178 g/mol. The fourth-order valence-electron chi connectivity index (χ4n) is 0.581. The van der Waals surface area contributed by atoms with E-state index < -0.39 is 5.97 Å². The van der Waals surface area contributed by atoms with Crippen molar-refractivity contribution in [1.29, 1.82) is 0 Å². The molecular weight excluding hydrogens is 168 g/mol. The van der Waals surface area contributed by atoms with Crippen LogP contribution in [0.25, 0.3) is 0 Å². The highest BCUT2D eigenvalue weighted by Gasteiger charge is 1.96. The topological polar surface area (TPSA) is 57.5 Å². The Morgan fingerprint density at radius 2 is 1.85 bits per heavy atom. The van der Waals surface area contributed by atoms with Gasteiger partial charge in [-0.1, -0.05) is 24.1 Å². The molecule has 1 aromatic rings. The minimum atomic E-state index is -0.879. The third-order valence-electron chi connectivity index (χ3n) is 1.11. The van der Waals surface area contributed by atoms with Gasteiger partial charge in [0.1, 0.15) is 6.61 Å². The Labute approximate surface area is 76.6 Å². The number of carbonyl (C=O) groups is 1. The summed E-state index contributed by atoms with van der Waals surface area (Å²) in [5.41, 5.74) is 0.331. The second-order valence-corrected chi connectivity index (χ2v) is 2.03. The number of terminal acetylenes is 1. The lowest BCUT2D eigenvalue weighted by Gasteiger charge is -1.88. The van der Waals surface area contributed by atoms with Gasteiger partial charge in [0, 0.05) is 0 Å². The molecule has 0 aliphatic rings. The van der Waals surface area contributed by atoms with Gasteiger partial charge in [-0.3, -0.25) is 0 Å². The van der Waals surface area contributed by atoms with Gasteiger partial charge in [0.05, 0.1) is 5.56 Å². The number of carboxylic acid groups (broad SMARTS) is 1. The van der Waals surface area contributed by atoms with Gasteiger partial charge in [-0.15, -0.1) is 6.42 Å². The zero-order valence-corrected chi connectivity index (χ0v) is 6.97. The summed E-state index contributed by atoms with van der Waals surface area (Å²) in [6, 6.07) is 8.30. The van der Waals surface area contributed by atoms with E-state index in [1.165, 1.54) is 0 Å². The molecule has 0 aliphatic carbocycles. The molecule has 0 amide bonds. The highest BCUT2D eigenvalue weighted by Crippen LogP contribution is 1.96. The van der Waals surface area contributed by atoms with E-state index in [9.17, 15) is 4.79 Å². The molecule has 0 aliphatic heterocycles. The van der Waals surface area contributed by atoms with Crippen molar-refractivity contribution in [2.75, 3.05) is 6.61 Å². The molecule has 13 heavy (non-hydrogen) atoms. The largest absolute Gasteiger partial charge is 0.478 e. The number of hydrogen-bond acceptors (Lipinski definition) is 2. The minimum Gasteiger partial charge on any atom is -0.478 e. The predicted octanol–water partition coefficient (Wildman–Crippen LogP) is 0.997. The molecule has 0 radical (unpaired) electrons. The molecule has 0 aromatic heterocycles. The van der Waals surface area contributed by atoms with Crippen molar-refractivity contribution in [2.45, 2.75) is 0 Å². The van der Waals surface area contributed by atoms with Crippen molar-refractivity contribution in [1.82, 2.24) is 0 Å². The van der Waals surface area contributed by atoms with Crippen LogP contribution in [-0.2, 0) is 0 Å². The van der Waals surface area contributed by atoms with Crippen LogP contribution in [0.4, 0.5) is 0 Å². The minimum absolute atomic E-state index is 0.153. The Hall–Kier alpha value is -1.79. The Kier molecular flexibility index (Phi) is 5.94. The molecule has 0 bridgehead atoms. The molecule has 68 valence electrons. The maximum absolute atomic E-state index is 10.2. The Balaban J connectivity index is 0.000000310. The van der Waals surface area contributed by atoms with Gasteiger partial charge in [-0.2, -0.15) is 0 Å². The number of rotatable bonds is 1. The summed E-state index contributed by atoms with van der Waals surface area (Å²) < 4.78 is 0. The SMILES string of the molecule is C#CCO.O=C(O)c1ccccc1. The van der Waals surface area contributed by atoms with Crippen molar-refractivity contribution in [3.63, 3.8) is 0 Å². The lowest BCUT2D eigenvalue weighted by atomic mass is 10.2. The summed E-state index contributed by atoms with van der Waals surface area (Å²) in [6.07, 6.45) is 4.53. The van der Waals surface area contributed by atoms with Crippen LogP contribution in [0.2, 0.25) is 0 Å². The number of benzene rings is 1. The van der Waals surface area contributed by atoms with Crippen LogP contribution in [0.5, 0.6) is 0 Å². The number of aromatic carboxylic acids is 1. The van der Waals surface area contributed by atoms with Crippen molar-refractivity contribution in [3.05, 3.63) is 35.9 Å². The molecule has 0 unspecified atom stereocenters. The summed E-state index contributed by atoms with van der Waals surface area (Å²) in [5.74, 6) is 1.11. The summed E-state index contributed by atoms with van der Waals surface area (Å²) in [5, 5.41) is 16.0. The van der Waals surface area contributed by atoms with Crippen molar-refractivity contribution < 1.29 is 15.0 Å². The Bertz CT molecular complexity index is 285. The highest BCUT2D eigenvalue weighted by atomic mass is 16.4. The monoisotopic (exact) mass is 178 g/mol. The van der Waals surface area contributed by atoms with E-state index in [0.717, 1.165) is 0 Å². The van der Waals surface area contributed by atoms with Crippen LogP contribution < -0.4 is 0 Å². The van der Waals surface area contributed by atoms with E-state index in [0.29, 0.717) is 5.56 Å². The zero-order valence-electron chi connectivity index (χ0n) is 6.97. The third-order valence-corrected chi connectivity index (χ3v) is 1.11. The first-order chi connectivity index (χ1) is 6.22. The van der Waals surface area contributed by atoms with Crippen LogP contribution in [0.15, 0.2) is 30.3 Å². The predicted molar refractivity (Wildman–Crippen MR) is 49.3 cm³/mol. The number of aliphatic hydroxyl groups excluding tert-OH is 1. The van der Waals surface area contributed by atoms with Gasteiger partial charge in [0.25, 0.3) is 0 Å². The maximum atomic E-state index is 10.2. The van der Waals surface area contributed by atoms with Crippen LogP contribution in [0, 0.1) is 12.3 Å². The molecule has 2 N–H and O–H groups in total. The van der Waals surface area contributed by atoms with Crippen molar-refractivity contribution >= 4 is 5.97 Å². The molecule has 0 saturated heterocycles. The molecule has 1 rings (SSSR count). The molecule has 3 nitrogen and oxygen atoms in total. The van der Waals surface area contributed by atoms with Gasteiger partial charge >= 0.3 is 5.97 Å². The van der Waals surface area contributed by atoms with Crippen LogP contribution in [-0.4, -0.2) is 22.8 Å². The van der Waals surface area contributed by atoms with Gasteiger partial charge < -0.3 is 10.2 Å². The molecule has 0 saturated carbocycles. The second kappa shape index (κ2) is 6.89. The van der Waals surface area contributed by atoms with E-state index in [1.54, 1.807) is 30.3 Å². The molecule has 0 atom stereocenters. The van der Waals surface area contributed by atoms with Crippen molar-refractivity contribution in [3.8, 4) is 12.3 Å². The first-order valence-corrected chi connectivity index (χ1v) is 3.55. The Morgan fingerprint density at radius 1 is 1.38 bits per heavy atom. The van der Waals surface area contributed by atoms with Gasteiger partial charge in [0.15, 0.2) is 0 Å². The quantitative estimate of drug-likeness (QED) is 0.630. The summed E-state index contributed by atoms with van der Waals surface area (Å²) in [7, 11) is 0. The molecule has 0 spiro atoms. The maximum Gasteiger partial charge on any atom is 0.335 e. The first kappa shape index (κ1) is 11.2. The van der Waals surface area contributed by atoms with E-state index >= 15 is 0 Å². The number of aliphatic hydroxyl groups is 1. The van der Waals surface area contributed by atoms with Gasteiger partial charge in [0.2, 0.25) is 0 Å². The fraction of sp³-hybridized carbons (Fsp3) is 0.100. The summed E-state index contributed by atoms with van der Waals surface area (Å²) in [6.45, 7) is -0.153.